The summed E-state index contributed by atoms with van der Waals surface area (Å²) in [4.78, 5) is 4.09. The second-order valence-electron chi connectivity index (χ2n) is 6.55. The summed E-state index contributed by atoms with van der Waals surface area (Å²) in [5.41, 5.74) is 3.07. The Bertz CT molecular complexity index is 990. The third-order valence-corrected chi connectivity index (χ3v) is 4.77. The van der Waals surface area contributed by atoms with Gasteiger partial charge in [-0.05, 0) is 41.5 Å². The molecule has 0 radical (unpaired) electrons. The minimum Gasteiger partial charge on any atom is -0.493 e. The maximum Gasteiger partial charge on any atom is 0.231 e. The summed E-state index contributed by atoms with van der Waals surface area (Å²) in [6, 6.07) is 13.6. The summed E-state index contributed by atoms with van der Waals surface area (Å²) in [7, 11) is 1.60. The van der Waals surface area contributed by atoms with Crippen molar-refractivity contribution < 1.29 is 18.9 Å². The Balaban J connectivity index is 0.00000171. The van der Waals surface area contributed by atoms with E-state index in [1.807, 2.05) is 42.5 Å². The standard InChI is InChI=1S/C22H21ClN2O4.2ClH/c1-26-21-9-17(7-18(23)22(21)27-13-16-3-2-6-24-11-16)12-25-10-15-4-5-19-20(8-15)29-14-28-19;;/h2-9,11,25H,10,12-14H2,1H3;2*1H. The Morgan fingerprint density at radius 2 is 1.81 bits per heavy atom. The van der Waals surface area contributed by atoms with Crippen molar-refractivity contribution >= 4 is 36.4 Å². The average Bonchev–Trinajstić information content (AvgIpc) is 3.21. The van der Waals surface area contributed by atoms with E-state index in [-0.39, 0.29) is 31.6 Å². The molecule has 0 atom stereocenters. The minimum absolute atomic E-state index is 0. The van der Waals surface area contributed by atoms with E-state index in [0.717, 1.165) is 28.2 Å². The highest BCUT2D eigenvalue weighted by atomic mass is 35.5. The lowest BCUT2D eigenvalue weighted by Gasteiger charge is -2.14. The van der Waals surface area contributed by atoms with E-state index in [0.29, 0.717) is 36.2 Å². The van der Waals surface area contributed by atoms with Crippen molar-refractivity contribution in [3.8, 4) is 23.0 Å². The molecule has 0 unspecified atom stereocenters. The molecule has 0 amide bonds. The van der Waals surface area contributed by atoms with Gasteiger partial charge in [-0.15, -0.1) is 24.8 Å². The van der Waals surface area contributed by atoms with Crippen LogP contribution in [0.1, 0.15) is 16.7 Å². The van der Waals surface area contributed by atoms with E-state index in [9.17, 15) is 0 Å². The van der Waals surface area contributed by atoms with Crippen LogP contribution >= 0.6 is 36.4 Å². The molecule has 6 nitrogen and oxygen atoms in total. The molecule has 3 aromatic rings. The number of hydrogen-bond acceptors (Lipinski definition) is 6. The van der Waals surface area contributed by atoms with Gasteiger partial charge in [0.1, 0.15) is 6.61 Å². The molecule has 0 saturated heterocycles. The number of rotatable bonds is 8. The summed E-state index contributed by atoms with van der Waals surface area (Å²) < 4.78 is 22.1. The van der Waals surface area contributed by atoms with E-state index in [2.05, 4.69) is 10.3 Å². The zero-order valence-electron chi connectivity index (χ0n) is 16.8. The van der Waals surface area contributed by atoms with Crippen LogP contribution < -0.4 is 24.3 Å². The molecule has 2 aromatic carbocycles. The molecule has 0 bridgehead atoms. The van der Waals surface area contributed by atoms with Gasteiger partial charge in [0, 0.05) is 31.0 Å². The monoisotopic (exact) mass is 484 g/mol. The highest BCUT2D eigenvalue weighted by Gasteiger charge is 2.14. The van der Waals surface area contributed by atoms with Crippen molar-refractivity contribution in [1.82, 2.24) is 10.3 Å². The number of nitrogens with zero attached hydrogens (tertiary/aromatic N) is 1. The number of hydrogen-bond donors (Lipinski definition) is 1. The van der Waals surface area contributed by atoms with Gasteiger partial charge < -0.3 is 24.3 Å². The van der Waals surface area contributed by atoms with E-state index in [1.165, 1.54) is 0 Å². The molecule has 1 aliphatic rings. The Morgan fingerprint density at radius 1 is 1.00 bits per heavy atom. The number of nitrogens with one attached hydrogen (secondary N) is 1. The fourth-order valence-electron chi connectivity index (χ4n) is 3.06. The van der Waals surface area contributed by atoms with Crippen LogP contribution in [-0.4, -0.2) is 18.9 Å². The predicted molar refractivity (Wildman–Crippen MR) is 124 cm³/mol. The first-order valence-corrected chi connectivity index (χ1v) is 9.58. The Hall–Kier alpha value is -2.38. The first-order valence-electron chi connectivity index (χ1n) is 9.20. The summed E-state index contributed by atoms with van der Waals surface area (Å²) in [5, 5.41) is 3.91. The fraction of sp³-hybridized carbons (Fsp3) is 0.227. The molecule has 0 spiro atoms. The van der Waals surface area contributed by atoms with Gasteiger partial charge in [-0.3, -0.25) is 4.98 Å². The maximum atomic E-state index is 6.46. The molecule has 4 rings (SSSR count). The number of ether oxygens (including phenoxy) is 4. The zero-order chi connectivity index (χ0) is 20.1. The number of halogens is 3. The Kier molecular flexibility index (Phi) is 9.52. The van der Waals surface area contributed by atoms with Crippen LogP contribution in [0.2, 0.25) is 5.02 Å². The summed E-state index contributed by atoms with van der Waals surface area (Å²) in [6.45, 7) is 1.97. The fourth-order valence-corrected chi connectivity index (χ4v) is 3.34. The molecule has 1 N–H and O–H groups in total. The van der Waals surface area contributed by atoms with Gasteiger partial charge in [-0.1, -0.05) is 23.7 Å². The SMILES string of the molecule is COc1cc(CNCc2ccc3c(c2)OCO3)cc(Cl)c1OCc1cccnc1.Cl.Cl. The van der Waals surface area contributed by atoms with Crippen LogP contribution in [0.15, 0.2) is 54.9 Å². The van der Waals surface area contributed by atoms with Crippen LogP contribution in [0.3, 0.4) is 0 Å². The molecule has 1 aromatic heterocycles. The average molecular weight is 486 g/mol. The third-order valence-electron chi connectivity index (χ3n) is 4.49. The van der Waals surface area contributed by atoms with E-state index < -0.39 is 0 Å². The normalized spacial score (nSPS) is 11.3. The van der Waals surface area contributed by atoms with Gasteiger partial charge in [-0.25, -0.2) is 0 Å². The van der Waals surface area contributed by atoms with Crippen LogP contribution in [0, 0.1) is 0 Å². The van der Waals surface area contributed by atoms with Crippen LogP contribution in [0.5, 0.6) is 23.0 Å². The molecule has 9 heteroatoms. The molecular weight excluding hydrogens is 463 g/mol. The van der Waals surface area contributed by atoms with Crippen molar-refractivity contribution in [2.45, 2.75) is 19.7 Å². The van der Waals surface area contributed by atoms with Crippen LogP contribution in [0.25, 0.3) is 0 Å². The Morgan fingerprint density at radius 3 is 2.58 bits per heavy atom. The maximum absolute atomic E-state index is 6.46. The van der Waals surface area contributed by atoms with Crippen molar-refractivity contribution in [3.63, 3.8) is 0 Å². The van der Waals surface area contributed by atoms with Gasteiger partial charge in [0.15, 0.2) is 23.0 Å². The summed E-state index contributed by atoms with van der Waals surface area (Å²) in [5.74, 6) is 2.69. The predicted octanol–water partition coefficient (Wildman–Crippen LogP) is 5.18. The van der Waals surface area contributed by atoms with Gasteiger partial charge in [0.2, 0.25) is 6.79 Å². The van der Waals surface area contributed by atoms with E-state index in [1.54, 1.807) is 19.5 Å². The molecule has 0 aliphatic carbocycles. The highest BCUT2D eigenvalue weighted by Crippen LogP contribution is 2.37. The number of methoxy groups -OCH3 is 1. The first kappa shape index (κ1) is 24.9. The number of fused-ring (bicyclic) bond motifs is 1. The van der Waals surface area contributed by atoms with Crippen LogP contribution in [-0.2, 0) is 19.7 Å². The second kappa shape index (κ2) is 11.9. The summed E-state index contributed by atoms with van der Waals surface area (Å²) >= 11 is 6.46. The smallest absolute Gasteiger partial charge is 0.231 e. The van der Waals surface area contributed by atoms with Gasteiger partial charge in [0.25, 0.3) is 0 Å². The largest absolute Gasteiger partial charge is 0.493 e. The van der Waals surface area contributed by atoms with Crippen molar-refractivity contribution in [2.24, 2.45) is 0 Å². The van der Waals surface area contributed by atoms with Crippen molar-refractivity contribution in [1.29, 1.82) is 0 Å². The lowest BCUT2D eigenvalue weighted by molar-refractivity contribution is 0.174. The lowest BCUT2D eigenvalue weighted by Crippen LogP contribution is -2.13. The van der Waals surface area contributed by atoms with E-state index in [4.69, 9.17) is 30.5 Å². The minimum atomic E-state index is 0. The number of benzene rings is 2. The molecule has 166 valence electrons. The van der Waals surface area contributed by atoms with Crippen LogP contribution in [0.4, 0.5) is 0 Å². The number of aromatic nitrogens is 1. The van der Waals surface area contributed by atoms with Crippen molar-refractivity contribution in [2.75, 3.05) is 13.9 Å². The molecule has 2 heterocycles. The lowest BCUT2D eigenvalue weighted by atomic mass is 10.1. The third kappa shape index (κ3) is 6.31. The van der Waals surface area contributed by atoms with Crippen molar-refractivity contribution in [3.05, 3.63) is 76.6 Å². The highest BCUT2D eigenvalue weighted by molar-refractivity contribution is 6.32. The Labute approximate surface area is 198 Å². The van der Waals surface area contributed by atoms with Gasteiger partial charge in [-0.2, -0.15) is 0 Å². The second-order valence-corrected chi connectivity index (χ2v) is 6.96. The molecule has 0 fully saturated rings. The summed E-state index contributed by atoms with van der Waals surface area (Å²) in [6.07, 6.45) is 3.48. The molecular formula is C22H23Cl3N2O4. The topological polar surface area (TPSA) is 61.8 Å². The molecule has 1 aliphatic heterocycles. The zero-order valence-corrected chi connectivity index (χ0v) is 19.2. The van der Waals surface area contributed by atoms with Gasteiger partial charge in [0.05, 0.1) is 12.1 Å². The molecule has 31 heavy (non-hydrogen) atoms. The van der Waals surface area contributed by atoms with Gasteiger partial charge >= 0.3 is 0 Å². The first-order chi connectivity index (χ1) is 14.2. The van der Waals surface area contributed by atoms with E-state index >= 15 is 0 Å². The number of pyridine rings is 1. The quantitative estimate of drug-likeness (QED) is 0.474. The molecule has 0 saturated carbocycles.